The number of aromatic nitrogens is 1. The van der Waals surface area contributed by atoms with Crippen LogP contribution in [0.2, 0.25) is 0 Å². The summed E-state index contributed by atoms with van der Waals surface area (Å²) >= 11 is 0. The molecule has 0 saturated carbocycles. The molecule has 3 aromatic rings. The van der Waals surface area contributed by atoms with Crippen LogP contribution in [-0.4, -0.2) is 34.7 Å². The molecule has 0 radical (unpaired) electrons. The molecule has 0 bridgehead atoms. The quantitative estimate of drug-likeness (QED) is 0.448. The molecule has 4 rings (SSSR count). The molecule has 1 aliphatic rings. The number of hydrogen-bond donors (Lipinski definition) is 3. The number of aliphatic hydroxyl groups is 1. The first-order chi connectivity index (χ1) is 16.8. The second-order valence-electron chi connectivity index (χ2n) is 9.34. The zero-order chi connectivity index (χ0) is 24.9. The predicted molar refractivity (Wildman–Crippen MR) is 132 cm³/mol. The summed E-state index contributed by atoms with van der Waals surface area (Å²) in [5.74, 6) is -1.69. The third-order valence-electron chi connectivity index (χ3n) is 6.48. The van der Waals surface area contributed by atoms with E-state index < -0.39 is 23.8 Å². The van der Waals surface area contributed by atoms with Crippen LogP contribution in [0.3, 0.4) is 0 Å². The average Bonchev–Trinajstić information content (AvgIpc) is 2.81. The molecule has 1 aliphatic carbocycles. The lowest BCUT2D eigenvalue weighted by atomic mass is 9.86. The van der Waals surface area contributed by atoms with E-state index in [-0.39, 0.29) is 24.9 Å². The Balaban J connectivity index is 1.49. The molecular formula is C28H31F2N3O2. The van der Waals surface area contributed by atoms with Crippen molar-refractivity contribution < 1.29 is 18.7 Å². The Labute approximate surface area is 204 Å². The summed E-state index contributed by atoms with van der Waals surface area (Å²) in [4.78, 5) is 16.3. The fourth-order valence-corrected chi connectivity index (χ4v) is 4.80. The van der Waals surface area contributed by atoms with E-state index in [4.69, 9.17) is 0 Å². The lowest BCUT2D eigenvalue weighted by molar-refractivity contribution is -0.120. The summed E-state index contributed by atoms with van der Waals surface area (Å²) in [6.45, 7) is 3.62. The van der Waals surface area contributed by atoms with Crippen molar-refractivity contribution in [3.05, 3.63) is 88.6 Å². The summed E-state index contributed by atoms with van der Waals surface area (Å²) in [6.07, 6.45) is 3.92. The summed E-state index contributed by atoms with van der Waals surface area (Å²) in [6, 6.07) is 13.0. The minimum Gasteiger partial charge on any atom is -0.390 e. The molecule has 0 aliphatic heterocycles. The number of carbonyl (C=O) groups excluding carboxylic acids is 1. The summed E-state index contributed by atoms with van der Waals surface area (Å²) in [5.41, 5.74) is 5.95. The third-order valence-corrected chi connectivity index (χ3v) is 6.48. The molecule has 5 nitrogen and oxygen atoms in total. The van der Waals surface area contributed by atoms with Gasteiger partial charge in [0.2, 0.25) is 5.91 Å². The van der Waals surface area contributed by atoms with Gasteiger partial charge in [0, 0.05) is 37.3 Å². The van der Waals surface area contributed by atoms with Gasteiger partial charge in [0.25, 0.3) is 0 Å². The van der Waals surface area contributed by atoms with Gasteiger partial charge in [-0.15, -0.1) is 0 Å². The van der Waals surface area contributed by atoms with Crippen molar-refractivity contribution in [2.45, 2.75) is 57.7 Å². The Kier molecular flexibility index (Phi) is 7.88. The van der Waals surface area contributed by atoms with E-state index in [2.05, 4.69) is 39.9 Å². The topological polar surface area (TPSA) is 74.2 Å². The fourth-order valence-electron chi connectivity index (χ4n) is 4.80. The molecular weight excluding hydrogens is 448 g/mol. The van der Waals surface area contributed by atoms with E-state index in [1.807, 2.05) is 19.2 Å². The maximum absolute atomic E-state index is 13.6. The van der Waals surface area contributed by atoms with Crippen LogP contribution in [0.1, 0.15) is 48.1 Å². The van der Waals surface area contributed by atoms with E-state index in [1.54, 1.807) is 0 Å². The molecule has 3 N–H and O–H groups in total. The van der Waals surface area contributed by atoms with E-state index in [1.165, 1.54) is 30.2 Å². The van der Waals surface area contributed by atoms with Crippen LogP contribution in [0.25, 0.3) is 11.3 Å². The van der Waals surface area contributed by atoms with Crippen molar-refractivity contribution >= 4 is 5.91 Å². The summed E-state index contributed by atoms with van der Waals surface area (Å²) < 4.78 is 27.3. The molecule has 184 valence electrons. The number of halogens is 2. The lowest BCUT2D eigenvalue weighted by Gasteiger charge is -2.30. The van der Waals surface area contributed by atoms with Crippen LogP contribution in [-0.2, 0) is 17.6 Å². The van der Waals surface area contributed by atoms with Gasteiger partial charge in [0.15, 0.2) is 0 Å². The third kappa shape index (κ3) is 6.50. The zero-order valence-corrected chi connectivity index (χ0v) is 20.0. The van der Waals surface area contributed by atoms with Gasteiger partial charge < -0.3 is 15.7 Å². The molecule has 1 aromatic heterocycles. The van der Waals surface area contributed by atoms with Gasteiger partial charge in [-0.2, -0.15) is 0 Å². The van der Waals surface area contributed by atoms with E-state index in [0.717, 1.165) is 42.1 Å². The first-order valence-corrected chi connectivity index (χ1v) is 12.0. The minimum atomic E-state index is -0.947. The molecule has 0 saturated heterocycles. The molecule has 2 aromatic carbocycles. The largest absolute Gasteiger partial charge is 0.390 e. The number of carbonyl (C=O) groups is 1. The smallest absolute Gasteiger partial charge is 0.217 e. The standard InChI is InChI=1S/C28H31F2N3O2/c1-17-8-9-31-26(10-17)21-7-6-20-4-3-5-25(24(20)14-21)32-16-28(35)27(33-18(2)34)13-19-11-22(29)15-23(30)12-19/h6-12,14-15,25,27-28,32,35H,3-5,13,16H2,1-2H3,(H,33,34). The number of nitrogens with zero attached hydrogens (tertiary/aromatic N) is 1. The van der Waals surface area contributed by atoms with Gasteiger partial charge in [-0.25, -0.2) is 8.78 Å². The monoisotopic (exact) mass is 479 g/mol. The van der Waals surface area contributed by atoms with Crippen LogP contribution in [0.4, 0.5) is 8.78 Å². The second kappa shape index (κ2) is 11.1. The second-order valence-corrected chi connectivity index (χ2v) is 9.34. The maximum Gasteiger partial charge on any atom is 0.217 e. The number of nitrogens with one attached hydrogen (secondary N) is 2. The normalized spacial score (nSPS) is 16.9. The van der Waals surface area contributed by atoms with Gasteiger partial charge in [0.05, 0.1) is 17.8 Å². The van der Waals surface area contributed by atoms with Crippen molar-refractivity contribution in [2.24, 2.45) is 0 Å². The van der Waals surface area contributed by atoms with Gasteiger partial charge in [-0.3, -0.25) is 9.78 Å². The molecule has 35 heavy (non-hydrogen) atoms. The van der Waals surface area contributed by atoms with Gasteiger partial charge in [-0.1, -0.05) is 12.1 Å². The molecule has 0 fully saturated rings. The Morgan fingerprint density at radius 3 is 2.63 bits per heavy atom. The van der Waals surface area contributed by atoms with E-state index in [0.29, 0.717) is 5.56 Å². The van der Waals surface area contributed by atoms with Gasteiger partial charge in [0.1, 0.15) is 11.6 Å². The maximum atomic E-state index is 13.6. The number of pyridine rings is 1. The van der Waals surface area contributed by atoms with Crippen LogP contribution in [0, 0.1) is 18.6 Å². The number of aliphatic hydroxyl groups excluding tert-OH is 1. The van der Waals surface area contributed by atoms with Crippen LogP contribution >= 0.6 is 0 Å². The highest BCUT2D eigenvalue weighted by atomic mass is 19.1. The minimum absolute atomic E-state index is 0.0442. The molecule has 7 heteroatoms. The van der Waals surface area contributed by atoms with Crippen molar-refractivity contribution in [2.75, 3.05) is 6.54 Å². The zero-order valence-electron chi connectivity index (χ0n) is 20.0. The Bertz CT molecular complexity index is 1180. The van der Waals surface area contributed by atoms with Crippen molar-refractivity contribution in [3.63, 3.8) is 0 Å². The highest BCUT2D eigenvalue weighted by Crippen LogP contribution is 2.33. The number of aryl methyl sites for hydroxylation is 2. The first-order valence-electron chi connectivity index (χ1n) is 12.0. The Morgan fingerprint density at radius 1 is 1.14 bits per heavy atom. The number of rotatable bonds is 8. The van der Waals surface area contributed by atoms with E-state index in [9.17, 15) is 18.7 Å². The number of fused-ring (bicyclic) bond motifs is 1. The molecule has 3 unspecified atom stereocenters. The predicted octanol–water partition coefficient (Wildman–Crippen LogP) is 4.41. The number of amides is 1. The number of benzene rings is 2. The molecule has 1 amide bonds. The lowest BCUT2D eigenvalue weighted by Crippen LogP contribution is -2.48. The molecule has 3 atom stereocenters. The molecule has 0 spiro atoms. The van der Waals surface area contributed by atoms with Crippen molar-refractivity contribution in [3.8, 4) is 11.3 Å². The summed E-state index contributed by atoms with van der Waals surface area (Å²) in [7, 11) is 0. The molecule has 1 heterocycles. The van der Waals surface area contributed by atoms with Crippen LogP contribution in [0.15, 0.2) is 54.7 Å². The van der Waals surface area contributed by atoms with Crippen LogP contribution < -0.4 is 10.6 Å². The average molecular weight is 480 g/mol. The van der Waals surface area contributed by atoms with Crippen molar-refractivity contribution in [1.82, 2.24) is 15.6 Å². The Hall–Kier alpha value is -3.16. The van der Waals surface area contributed by atoms with Gasteiger partial charge >= 0.3 is 0 Å². The highest BCUT2D eigenvalue weighted by Gasteiger charge is 2.25. The van der Waals surface area contributed by atoms with Gasteiger partial charge in [-0.05, 0) is 85.2 Å². The first kappa shape index (κ1) is 24.9. The van der Waals surface area contributed by atoms with E-state index >= 15 is 0 Å². The van der Waals surface area contributed by atoms with Crippen molar-refractivity contribution in [1.29, 1.82) is 0 Å². The fraction of sp³-hybridized carbons (Fsp3) is 0.357. The number of hydrogen-bond acceptors (Lipinski definition) is 4. The Morgan fingerprint density at radius 2 is 1.91 bits per heavy atom. The van der Waals surface area contributed by atoms with Crippen LogP contribution in [0.5, 0.6) is 0 Å². The summed E-state index contributed by atoms with van der Waals surface area (Å²) in [5, 5.41) is 17.1. The highest BCUT2D eigenvalue weighted by molar-refractivity contribution is 5.73. The SMILES string of the molecule is CC(=O)NC(Cc1cc(F)cc(F)c1)C(O)CNC1CCCc2ccc(-c3cc(C)ccn3)cc21.